The number of nitrogens with one attached hydrogen (secondary N) is 1. The van der Waals surface area contributed by atoms with Crippen LogP contribution in [0.5, 0.6) is 0 Å². The molecule has 2 atom stereocenters. The standard InChI is InChI=1S/C17H29NS/c1-6-15(5)17(18-7-2)12-19-11-16-9-13(3)8-14(4)10-16/h8-10,15,17-18H,6-7,11-12H2,1-5H3. The van der Waals surface area contributed by atoms with Crippen molar-refractivity contribution in [1.29, 1.82) is 0 Å². The van der Waals surface area contributed by atoms with Gasteiger partial charge in [-0.15, -0.1) is 0 Å². The summed E-state index contributed by atoms with van der Waals surface area (Å²) in [6.45, 7) is 12.3. The maximum absolute atomic E-state index is 3.62. The van der Waals surface area contributed by atoms with Crippen molar-refractivity contribution in [3.63, 3.8) is 0 Å². The molecule has 1 aromatic rings. The van der Waals surface area contributed by atoms with Crippen molar-refractivity contribution in [3.05, 3.63) is 34.9 Å². The molecule has 0 bridgehead atoms. The second-order valence-electron chi connectivity index (χ2n) is 5.56. The van der Waals surface area contributed by atoms with Gasteiger partial charge in [-0.25, -0.2) is 0 Å². The van der Waals surface area contributed by atoms with Crippen LogP contribution in [-0.2, 0) is 5.75 Å². The monoisotopic (exact) mass is 279 g/mol. The number of thioether (sulfide) groups is 1. The molecule has 0 aromatic heterocycles. The van der Waals surface area contributed by atoms with Crippen LogP contribution in [0.15, 0.2) is 18.2 Å². The molecule has 0 aliphatic rings. The Morgan fingerprint density at radius 1 is 1.11 bits per heavy atom. The summed E-state index contributed by atoms with van der Waals surface area (Å²) in [5, 5.41) is 3.62. The van der Waals surface area contributed by atoms with Crippen molar-refractivity contribution in [3.8, 4) is 0 Å². The second kappa shape index (κ2) is 8.65. The third kappa shape index (κ3) is 6.01. The number of benzene rings is 1. The van der Waals surface area contributed by atoms with E-state index in [2.05, 4.69) is 69.9 Å². The zero-order valence-electron chi connectivity index (χ0n) is 13.1. The van der Waals surface area contributed by atoms with Crippen molar-refractivity contribution in [2.45, 2.75) is 52.8 Å². The van der Waals surface area contributed by atoms with Crippen LogP contribution >= 0.6 is 11.8 Å². The van der Waals surface area contributed by atoms with E-state index in [1.807, 2.05) is 0 Å². The lowest BCUT2D eigenvalue weighted by Gasteiger charge is -2.23. The van der Waals surface area contributed by atoms with Crippen molar-refractivity contribution in [2.24, 2.45) is 5.92 Å². The zero-order chi connectivity index (χ0) is 14.3. The zero-order valence-corrected chi connectivity index (χ0v) is 13.9. The maximum atomic E-state index is 3.62. The van der Waals surface area contributed by atoms with Crippen LogP contribution in [0.3, 0.4) is 0 Å². The van der Waals surface area contributed by atoms with Crippen molar-refractivity contribution >= 4 is 11.8 Å². The highest BCUT2D eigenvalue weighted by atomic mass is 32.2. The average molecular weight is 279 g/mol. The summed E-state index contributed by atoms with van der Waals surface area (Å²) in [5.74, 6) is 3.09. The molecule has 0 fully saturated rings. The lowest BCUT2D eigenvalue weighted by atomic mass is 10.0. The molecule has 0 saturated heterocycles. The van der Waals surface area contributed by atoms with Gasteiger partial charge in [0.05, 0.1) is 0 Å². The molecule has 0 radical (unpaired) electrons. The fraction of sp³-hybridized carbons (Fsp3) is 0.647. The molecule has 0 saturated carbocycles. The molecule has 108 valence electrons. The summed E-state index contributed by atoms with van der Waals surface area (Å²) in [6, 6.07) is 7.51. The van der Waals surface area contributed by atoms with Crippen LogP contribution in [0.4, 0.5) is 0 Å². The first-order valence-corrected chi connectivity index (χ1v) is 8.60. The molecule has 1 aromatic carbocycles. The quantitative estimate of drug-likeness (QED) is 0.748. The van der Waals surface area contributed by atoms with Crippen LogP contribution in [0.25, 0.3) is 0 Å². The van der Waals surface area contributed by atoms with Gasteiger partial charge in [-0.05, 0) is 31.9 Å². The smallest absolute Gasteiger partial charge is 0.0185 e. The minimum Gasteiger partial charge on any atom is -0.313 e. The number of rotatable bonds is 8. The van der Waals surface area contributed by atoms with Gasteiger partial charge < -0.3 is 5.32 Å². The second-order valence-corrected chi connectivity index (χ2v) is 6.59. The summed E-state index contributed by atoms with van der Waals surface area (Å²) in [4.78, 5) is 0. The van der Waals surface area contributed by atoms with Crippen molar-refractivity contribution < 1.29 is 0 Å². The van der Waals surface area contributed by atoms with Gasteiger partial charge in [-0.3, -0.25) is 0 Å². The lowest BCUT2D eigenvalue weighted by molar-refractivity contribution is 0.404. The van der Waals surface area contributed by atoms with Gasteiger partial charge in [0.1, 0.15) is 0 Å². The van der Waals surface area contributed by atoms with Crippen LogP contribution in [-0.4, -0.2) is 18.3 Å². The SMILES string of the molecule is CCNC(CSCc1cc(C)cc(C)c1)C(C)CC. The van der Waals surface area contributed by atoms with E-state index in [1.54, 1.807) is 0 Å². The fourth-order valence-electron chi connectivity index (χ4n) is 2.43. The van der Waals surface area contributed by atoms with Gasteiger partial charge >= 0.3 is 0 Å². The first-order valence-electron chi connectivity index (χ1n) is 7.45. The predicted octanol–water partition coefficient (Wildman–Crippen LogP) is 4.56. The molecule has 2 heteroatoms. The third-order valence-corrected chi connectivity index (χ3v) is 4.78. The van der Waals surface area contributed by atoms with E-state index in [0.29, 0.717) is 6.04 Å². The van der Waals surface area contributed by atoms with E-state index in [1.165, 1.54) is 28.9 Å². The normalized spacial score (nSPS) is 14.4. The molecule has 0 amide bonds. The van der Waals surface area contributed by atoms with Crippen LogP contribution < -0.4 is 5.32 Å². The Balaban J connectivity index is 2.46. The Hall–Kier alpha value is -0.470. The molecule has 0 spiro atoms. The van der Waals surface area contributed by atoms with Crippen LogP contribution in [0, 0.1) is 19.8 Å². The summed E-state index contributed by atoms with van der Waals surface area (Å²) >= 11 is 2.05. The van der Waals surface area contributed by atoms with Gasteiger partial charge in [0.2, 0.25) is 0 Å². The average Bonchev–Trinajstić information content (AvgIpc) is 2.35. The maximum Gasteiger partial charge on any atom is 0.0185 e. The van der Waals surface area contributed by atoms with Crippen molar-refractivity contribution in [1.82, 2.24) is 5.32 Å². The molecule has 1 rings (SSSR count). The third-order valence-electron chi connectivity index (χ3n) is 3.64. The topological polar surface area (TPSA) is 12.0 Å². The molecule has 19 heavy (non-hydrogen) atoms. The Bertz CT molecular complexity index is 355. The Labute approximate surface area is 123 Å². The highest BCUT2D eigenvalue weighted by Gasteiger charge is 2.14. The van der Waals surface area contributed by atoms with E-state index >= 15 is 0 Å². The molecule has 1 nitrogen and oxygen atoms in total. The van der Waals surface area contributed by atoms with E-state index in [9.17, 15) is 0 Å². The van der Waals surface area contributed by atoms with Crippen LogP contribution in [0.1, 0.15) is 43.9 Å². The summed E-state index contributed by atoms with van der Waals surface area (Å²) in [6.07, 6.45) is 1.25. The molecular formula is C17H29NS. The van der Waals surface area contributed by atoms with Gasteiger partial charge in [0.25, 0.3) is 0 Å². The molecule has 0 heterocycles. The largest absolute Gasteiger partial charge is 0.313 e. The Morgan fingerprint density at radius 2 is 1.74 bits per heavy atom. The van der Waals surface area contributed by atoms with Gasteiger partial charge in [-0.1, -0.05) is 56.5 Å². The van der Waals surface area contributed by atoms with E-state index in [0.717, 1.165) is 18.2 Å². The Kier molecular flexibility index (Phi) is 7.55. The van der Waals surface area contributed by atoms with Gasteiger partial charge in [0, 0.05) is 17.5 Å². The molecule has 0 aliphatic heterocycles. The molecular weight excluding hydrogens is 250 g/mol. The fourth-order valence-corrected chi connectivity index (χ4v) is 3.65. The number of hydrogen-bond acceptors (Lipinski definition) is 2. The van der Waals surface area contributed by atoms with Gasteiger partial charge in [-0.2, -0.15) is 11.8 Å². The first-order chi connectivity index (χ1) is 9.06. The van der Waals surface area contributed by atoms with Gasteiger partial charge in [0.15, 0.2) is 0 Å². The summed E-state index contributed by atoms with van der Waals surface area (Å²) in [7, 11) is 0. The van der Waals surface area contributed by atoms with E-state index in [4.69, 9.17) is 0 Å². The summed E-state index contributed by atoms with van der Waals surface area (Å²) in [5.41, 5.74) is 4.21. The molecule has 0 aliphatic carbocycles. The van der Waals surface area contributed by atoms with E-state index in [-0.39, 0.29) is 0 Å². The lowest BCUT2D eigenvalue weighted by Crippen LogP contribution is -2.36. The predicted molar refractivity (Wildman–Crippen MR) is 89.0 cm³/mol. The van der Waals surface area contributed by atoms with Crippen LogP contribution in [0.2, 0.25) is 0 Å². The summed E-state index contributed by atoms with van der Waals surface area (Å²) < 4.78 is 0. The van der Waals surface area contributed by atoms with Crippen molar-refractivity contribution in [2.75, 3.05) is 12.3 Å². The Morgan fingerprint density at radius 3 is 2.26 bits per heavy atom. The molecule has 1 N–H and O–H groups in total. The van der Waals surface area contributed by atoms with E-state index < -0.39 is 0 Å². The highest BCUT2D eigenvalue weighted by Crippen LogP contribution is 2.19. The first kappa shape index (κ1) is 16.6. The highest BCUT2D eigenvalue weighted by molar-refractivity contribution is 7.98. The number of aryl methyl sites for hydroxylation is 2. The minimum atomic E-state index is 0.644. The minimum absolute atomic E-state index is 0.644. The number of hydrogen-bond donors (Lipinski definition) is 1. The molecule has 2 unspecified atom stereocenters.